The zero-order valence-electron chi connectivity index (χ0n) is 8.88. The summed E-state index contributed by atoms with van der Waals surface area (Å²) in [6, 6.07) is 0. The maximum Gasteiger partial charge on any atom is 0.187 e. The monoisotopic (exact) mass is 196 g/mol. The van der Waals surface area contributed by atoms with Crippen molar-refractivity contribution in [3.8, 4) is 0 Å². The predicted octanol–water partition coefficient (Wildman–Crippen LogP) is 2.80. The van der Waals surface area contributed by atoms with Crippen LogP contribution in [0.15, 0.2) is 11.4 Å². The second-order valence-corrected chi connectivity index (χ2v) is 4.91. The van der Waals surface area contributed by atoms with E-state index < -0.39 is 0 Å². The lowest BCUT2D eigenvalue weighted by molar-refractivity contribution is 0.553. The molecule has 72 valence electrons. The summed E-state index contributed by atoms with van der Waals surface area (Å²) >= 11 is 1.59. The van der Waals surface area contributed by atoms with Gasteiger partial charge in [0.1, 0.15) is 0 Å². The van der Waals surface area contributed by atoms with Crippen LogP contribution in [0.2, 0.25) is 0 Å². The van der Waals surface area contributed by atoms with Crippen LogP contribution >= 0.6 is 11.8 Å². The molecule has 0 saturated carbocycles. The van der Waals surface area contributed by atoms with Crippen molar-refractivity contribution in [2.24, 2.45) is 0 Å². The van der Waals surface area contributed by atoms with Gasteiger partial charge in [0.2, 0.25) is 0 Å². The third-order valence-electron chi connectivity index (χ3n) is 1.84. The van der Waals surface area contributed by atoms with Crippen molar-refractivity contribution in [2.45, 2.75) is 38.3 Å². The summed E-state index contributed by atoms with van der Waals surface area (Å²) in [4.78, 5) is 8.74. The molecule has 13 heavy (non-hydrogen) atoms. The highest BCUT2D eigenvalue weighted by Gasteiger charge is 2.18. The summed E-state index contributed by atoms with van der Waals surface area (Å²) in [7, 11) is 0. The summed E-state index contributed by atoms with van der Waals surface area (Å²) in [5.41, 5.74) is 2.43. The zero-order valence-corrected chi connectivity index (χ0v) is 9.70. The minimum atomic E-state index is 0.109. The first-order valence-corrected chi connectivity index (χ1v) is 5.55. The zero-order chi connectivity index (χ0) is 10.1. The van der Waals surface area contributed by atoms with Crippen LogP contribution in [0.25, 0.3) is 0 Å². The number of hydrogen-bond acceptors (Lipinski definition) is 3. The lowest BCUT2D eigenvalue weighted by Gasteiger charge is -2.20. The van der Waals surface area contributed by atoms with Crippen molar-refractivity contribution in [1.82, 2.24) is 9.97 Å². The SMILES string of the molecule is CSc1ncc(C)c(C(C)(C)C)n1. The standard InChI is InChI=1S/C10H16N2S/c1-7-6-11-9(13-5)12-8(7)10(2,3)4/h6H,1-5H3. The van der Waals surface area contributed by atoms with Crippen LogP contribution in [0.1, 0.15) is 32.0 Å². The van der Waals surface area contributed by atoms with Crippen molar-refractivity contribution in [1.29, 1.82) is 0 Å². The van der Waals surface area contributed by atoms with Crippen LogP contribution < -0.4 is 0 Å². The van der Waals surface area contributed by atoms with E-state index in [0.717, 1.165) is 10.9 Å². The maximum absolute atomic E-state index is 4.51. The second-order valence-electron chi connectivity index (χ2n) is 4.14. The Morgan fingerprint density at radius 3 is 2.38 bits per heavy atom. The molecule has 0 aromatic carbocycles. The second kappa shape index (κ2) is 3.66. The molecule has 0 atom stereocenters. The van der Waals surface area contributed by atoms with Crippen molar-refractivity contribution in [2.75, 3.05) is 6.26 Å². The maximum atomic E-state index is 4.51. The van der Waals surface area contributed by atoms with Gasteiger partial charge < -0.3 is 0 Å². The molecule has 0 spiro atoms. The Bertz CT molecular complexity index is 302. The first-order valence-electron chi connectivity index (χ1n) is 4.33. The summed E-state index contributed by atoms with van der Waals surface area (Å²) in [5, 5.41) is 0.857. The average molecular weight is 196 g/mol. The van der Waals surface area contributed by atoms with E-state index in [1.807, 2.05) is 12.5 Å². The molecule has 1 rings (SSSR count). The van der Waals surface area contributed by atoms with Crippen molar-refractivity contribution in [3.05, 3.63) is 17.5 Å². The first-order chi connectivity index (χ1) is 5.95. The summed E-state index contributed by atoms with van der Waals surface area (Å²) in [6.07, 6.45) is 3.90. The fraction of sp³-hybridized carbons (Fsp3) is 0.600. The molecule has 0 aliphatic carbocycles. The van der Waals surface area contributed by atoms with Gasteiger partial charge in [0, 0.05) is 11.6 Å². The molecule has 0 saturated heterocycles. The van der Waals surface area contributed by atoms with E-state index in [1.165, 1.54) is 5.56 Å². The van der Waals surface area contributed by atoms with Gasteiger partial charge in [0.05, 0.1) is 5.69 Å². The van der Waals surface area contributed by atoms with Gasteiger partial charge in [0.15, 0.2) is 5.16 Å². The van der Waals surface area contributed by atoms with Crippen LogP contribution in [-0.2, 0) is 5.41 Å². The molecular formula is C10H16N2S. The van der Waals surface area contributed by atoms with Crippen LogP contribution in [0.4, 0.5) is 0 Å². The Balaban J connectivity index is 3.19. The van der Waals surface area contributed by atoms with Gasteiger partial charge in [-0.2, -0.15) is 0 Å². The fourth-order valence-corrected chi connectivity index (χ4v) is 1.62. The van der Waals surface area contributed by atoms with Gasteiger partial charge in [0.25, 0.3) is 0 Å². The van der Waals surface area contributed by atoms with E-state index >= 15 is 0 Å². The van der Waals surface area contributed by atoms with Crippen LogP contribution in [-0.4, -0.2) is 16.2 Å². The molecule has 1 aromatic heterocycles. The Morgan fingerprint density at radius 2 is 1.92 bits per heavy atom. The van der Waals surface area contributed by atoms with Gasteiger partial charge >= 0.3 is 0 Å². The molecule has 1 aromatic rings. The Kier molecular flexibility index (Phi) is 2.96. The van der Waals surface area contributed by atoms with E-state index in [9.17, 15) is 0 Å². The number of rotatable bonds is 1. The molecule has 0 aliphatic heterocycles. The lowest BCUT2D eigenvalue weighted by atomic mass is 9.89. The molecule has 0 N–H and O–H groups in total. The normalized spacial score (nSPS) is 11.8. The molecule has 0 unspecified atom stereocenters. The number of thioether (sulfide) groups is 1. The molecule has 0 radical (unpaired) electrons. The summed E-state index contributed by atoms with van der Waals surface area (Å²) < 4.78 is 0. The average Bonchev–Trinajstić information content (AvgIpc) is 2.03. The van der Waals surface area contributed by atoms with Crippen LogP contribution in [0, 0.1) is 6.92 Å². The molecule has 0 amide bonds. The number of nitrogens with zero attached hydrogens (tertiary/aromatic N) is 2. The molecule has 2 nitrogen and oxygen atoms in total. The molecule has 0 aliphatic rings. The first kappa shape index (κ1) is 10.5. The van der Waals surface area contributed by atoms with E-state index in [4.69, 9.17) is 0 Å². The Labute approximate surface area is 84.2 Å². The smallest absolute Gasteiger partial charge is 0.187 e. The highest BCUT2D eigenvalue weighted by Crippen LogP contribution is 2.24. The van der Waals surface area contributed by atoms with E-state index in [1.54, 1.807) is 11.8 Å². The summed E-state index contributed by atoms with van der Waals surface area (Å²) in [6.45, 7) is 8.58. The highest BCUT2D eigenvalue weighted by molar-refractivity contribution is 7.98. The minimum absolute atomic E-state index is 0.109. The van der Waals surface area contributed by atoms with Gasteiger partial charge in [-0.3, -0.25) is 0 Å². The Hall–Kier alpha value is -0.570. The lowest BCUT2D eigenvalue weighted by Crippen LogP contribution is -2.16. The van der Waals surface area contributed by atoms with E-state index in [-0.39, 0.29) is 5.41 Å². The topological polar surface area (TPSA) is 25.8 Å². The van der Waals surface area contributed by atoms with Crippen molar-refractivity contribution in [3.63, 3.8) is 0 Å². The third-order valence-corrected chi connectivity index (χ3v) is 2.40. The highest BCUT2D eigenvalue weighted by atomic mass is 32.2. The van der Waals surface area contributed by atoms with Crippen LogP contribution in [0.5, 0.6) is 0 Å². The third kappa shape index (κ3) is 2.44. The van der Waals surface area contributed by atoms with E-state index in [0.29, 0.717) is 0 Å². The number of aromatic nitrogens is 2. The van der Waals surface area contributed by atoms with Crippen LogP contribution in [0.3, 0.4) is 0 Å². The van der Waals surface area contributed by atoms with Crippen molar-refractivity contribution < 1.29 is 0 Å². The Morgan fingerprint density at radius 1 is 1.31 bits per heavy atom. The number of hydrogen-bond donors (Lipinski definition) is 0. The molecule has 3 heteroatoms. The molecular weight excluding hydrogens is 180 g/mol. The molecule has 0 fully saturated rings. The van der Waals surface area contributed by atoms with Gasteiger partial charge in [-0.25, -0.2) is 9.97 Å². The minimum Gasteiger partial charge on any atom is -0.231 e. The van der Waals surface area contributed by atoms with Crippen molar-refractivity contribution >= 4 is 11.8 Å². The van der Waals surface area contributed by atoms with Gasteiger partial charge in [-0.15, -0.1) is 0 Å². The quantitative estimate of drug-likeness (QED) is 0.510. The molecule has 0 bridgehead atoms. The predicted molar refractivity (Wildman–Crippen MR) is 57.3 cm³/mol. The van der Waals surface area contributed by atoms with E-state index in [2.05, 4.69) is 37.7 Å². The largest absolute Gasteiger partial charge is 0.231 e. The fourth-order valence-electron chi connectivity index (χ4n) is 1.28. The molecule has 1 heterocycles. The summed E-state index contributed by atoms with van der Waals surface area (Å²) in [5.74, 6) is 0. The van der Waals surface area contributed by atoms with Gasteiger partial charge in [-0.05, 0) is 18.7 Å². The number of aryl methyl sites for hydroxylation is 1. The van der Waals surface area contributed by atoms with Gasteiger partial charge in [-0.1, -0.05) is 32.5 Å².